The number of rotatable bonds is 4. The number of carbonyl (C=O) groups is 1. The smallest absolute Gasteiger partial charge is 0.354 e. The van der Waals surface area contributed by atoms with Gasteiger partial charge < -0.3 is 5.11 Å². The molecular weight excluding hydrogens is 354 g/mol. The van der Waals surface area contributed by atoms with Crippen molar-refractivity contribution in [2.24, 2.45) is 7.05 Å². The second kappa shape index (κ2) is 5.17. The van der Waals surface area contributed by atoms with Crippen LogP contribution in [-0.2, 0) is 17.1 Å². The number of carboxylic acid groups (broad SMARTS) is 1. The minimum atomic E-state index is -3.99. The summed E-state index contributed by atoms with van der Waals surface area (Å²) in [6, 6.07) is 3.97. The minimum absolute atomic E-state index is 0.0434. The van der Waals surface area contributed by atoms with E-state index in [2.05, 4.69) is 35.9 Å². The summed E-state index contributed by atoms with van der Waals surface area (Å²) in [5.41, 5.74) is -0.271. The van der Waals surface area contributed by atoms with Crippen LogP contribution in [-0.4, -0.2) is 39.5 Å². The number of halogens is 1. The number of aryl methyl sites for hydroxylation is 1. The first-order chi connectivity index (χ1) is 9.31. The Kier molecular flexibility index (Phi) is 3.72. The van der Waals surface area contributed by atoms with Gasteiger partial charge in [-0.1, -0.05) is 11.3 Å². The molecule has 0 fully saturated rings. The molecule has 20 heavy (non-hydrogen) atoms. The van der Waals surface area contributed by atoms with Crippen molar-refractivity contribution in [2.45, 2.75) is 5.03 Å². The molecule has 0 aliphatic heterocycles. The number of nitrogens with zero attached hydrogens (tertiary/aromatic N) is 4. The van der Waals surface area contributed by atoms with E-state index in [1.165, 1.54) is 25.2 Å². The highest BCUT2D eigenvalue weighted by Gasteiger charge is 2.24. The van der Waals surface area contributed by atoms with E-state index in [0.29, 0.717) is 0 Å². The van der Waals surface area contributed by atoms with E-state index in [4.69, 9.17) is 5.11 Å². The maximum atomic E-state index is 12.2. The number of pyridine rings is 1. The summed E-state index contributed by atoms with van der Waals surface area (Å²) in [5.74, 6) is -1.37. The van der Waals surface area contributed by atoms with Crippen molar-refractivity contribution >= 4 is 37.7 Å². The molecule has 0 unspecified atom stereocenters. The van der Waals surface area contributed by atoms with Crippen LogP contribution >= 0.6 is 15.9 Å². The zero-order chi connectivity index (χ0) is 14.9. The molecule has 2 heterocycles. The molecular formula is C9H8BrN5O4S. The summed E-state index contributed by atoms with van der Waals surface area (Å²) < 4.78 is 27.6. The van der Waals surface area contributed by atoms with Gasteiger partial charge in [-0.15, -0.1) is 5.10 Å². The Bertz CT molecular complexity index is 753. The summed E-state index contributed by atoms with van der Waals surface area (Å²) in [4.78, 5) is 14.5. The highest BCUT2D eigenvalue weighted by Crippen LogP contribution is 2.20. The molecule has 9 nitrogen and oxygen atoms in total. The molecule has 0 aromatic carbocycles. The first kappa shape index (κ1) is 14.4. The molecule has 2 aromatic heterocycles. The lowest BCUT2D eigenvalue weighted by atomic mass is 10.3. The van der Waals surface area contributed by atoms with Gasteiger partial charge in [0.2, 0.25) is 5.03 Å². The van der Waals surface area contributed by atoms with Crippen LogP contribution in [0.4, 0.5) is 5.82 Å². The molecule has 0 aliphatic rings. The average Bonchev–Trinajstić information content (AvgIpc) is 2.69. The largest absolute Gasteiger partial charge is 0.477 e. The third kappa shape index (κ3) is 2.77. The standard InChI is InChI=1S/C9H8BrN5O4S/c1-15-8(7(10)12-14-15)20(18,19)13-6-4-2-3-5(11-6)9(16)17/h2-4H,1H3,(H,11,13)(H,16,17). The molecule has 0 bridgehead atoms. The quantitative estimate of drug-likeness (QED) is 0.809. The lowest BCUT2D eigenvalue weighted by Gasteiger charge is -2.07. The Morgan fingerprint density at radius 1 is 1.45 bits per heavy atom. The zero-order valence-electron chi connectivity index (χ0n) is 9.98. The van der Waals surface area contributed by atoms with Crippen molar-refractivity contribution in [1.82, 2.24) is 20.0 Å². The van der Waals surface area contributed by atoms with Gasteiger partial charge in [0, 0.05) is 7.05 Å². The lowest BCUT2D eigenvalue weighted by Crippen LogP contribution is -2.18. The van der Waals surface area contributed by atoms with Gasteiger partial charge in [0.1, 0.15) is 5.82 Å². The van der Waals surface area contributed by atoms with Gasteiger partial charge in [0.25, 0.3) is 10.0 Å². The predicted molar refractivity (Wildman–Crippen MR) is 70.7 cm³/mol. The number of aromatic nitrogens is 4. The third-order valence-electron chi connectivity index (χ3n) is 2.20. The predicted octanol–water partition coefficient (Wildman–Crippen LogP) is 0.472. The van der Waals surface area contributed by atoms with Crippen molar-refractivity contribution in [3.05, 3.63) is 28.5 Å². The molecule has 2 rings (SSSR count). The van der Waals surface area contributed by atoms with Gasteiger partial charge in [-0.3, -0.25) is 4.72 Å². The van der Waals surface area contributed by atoms with Crippen molar-refractivity contribution < 1.29 is 18.3 Å². The van der Waals surface area contributed by atoms with E-state index < -0.39 is 16.0 Å². The van der Waals surface area contributed by atoms with Gasteiger partial charge in [-0.25, -0.2) is 14.5 Å². The molecule has 11 heteroatoms. The van der Waals surface area contributed by atoms with E-state index >= 15 is 0 Å². The van der Waals surface area contributed by atoms with Gasteiger partial charge in [-0.05, 0) is 28.1 Å². The summed E-state index contributed by atoms with van der Waals surface area (Å²) in [6.45, 7) is 0. The fraction of sp³-hybridized carbons (Fsp3) is 0.111. The van der Waals surface area contributed by atoms with Gasteiger partial charge in [-0.2, -0.15) is 8.42 Å². The summed E-state index contributed by atoms with van der Waals surface area (Å²) >= 11 is 2.98. The Morgan fingerprint density at radius 3 is 2.70 bits per heavy atom. The van der Waals surface area contributed by atoms with Crippen LogP contribution in [0, 0.1) is 0 Å². The fourth-order valence-electron chi connectivity index (χ4n) is 1.40. The number of anilines is 1. The molecule has 0 saturated carbocycles. The van der Waals surface area contributed by atoms with E-state index in [1.54, 1.807) is 0 Å². The zero-order valence-corrected chi connectivity index (χ0v) is 12.4. The first-order valence-corrected chi connectivity index (χ1v) is 7.37. The molecule has 2 N–H and O–H groups in total. The van der Waals surface area contributed by atoms with Crippen LogP contribution in [0.15, 0.2) is 27.8 Å². The maximum Gasteiger partial charge on any atom is 0.354 e. The third-order valence-corrected chi connectivity index (χ3v) is 4.44. The molecule has 0 atom stereocenters. The molecule has 0 aliphatic carbocycles. The van der Waals surface area contributed by atoms with Crippen LogP contribution in [0.2, 0.25) is 0 Å². The highest BCUT2D eigenvalue weighted by molar-refractivity contribution is 9.10. The Balaban J connectivity index is 2.39. The Morgan fingerprint density at radius 2 is 2.15 bits per heavy atom. The normalized spacial score (nSPS) is 11.3. The molecule has 2 aromatic rings. The van der Waals surface area contributed by atoms with Crippen LogP contribution in [0.5, 0.6) is 0 Å². The highest BCUT2D eigenvalue weighted by atomic mass is 79.9. The monoisotopic (exact) mass is 361 g/mol. The van der Waals surface area contributed by atoms with Crippen molar-refractivity contribution in [1.29, 1.82) is 0 Å². The van der Waals surface area contributed by atoms with Crippen LogP contribution in [0.25, 0.3) is 0 Å². The number of hydrogen-bond donors (Lipinski definition) is 2. The fourth-order valence-corrected chi connectivity index (χ4v) is 3.50. The molecule has 0 spiro atoms. The number of carboxylic acids is 1. The van der Waals surface area contributed by atoms with Crippen molar-refractivity contribution in [2.75, 3.05) is 4.72 Å². The van der Waals surface area contributed by atoms with Crippen LogP contribution < -0.4 is 4.72 Å². The van der Waals surface area contributed by atoms with Crippen molar-refractivity contribution in [3.8, 4) is 0 Å². The number of sulfonamides is 1. The average molecular weight is 362 g/mol. The van der Waals surface area contributed by atoms with E-state index in [9.17, 15) is 13.2 Å². The Hall–Kier alpha value is -2.01. The maximum absolute atomic E-state index is 12.2. The Labute approximate surface area is 121 Å². The summed E-state index contributed by atoms with van der Waals surface area (Å²) in [5, 5.41) is 15.7. The van der Waals surface area contributed by atoms with Crippen LogP contribution in [0.3, 0.4) is 0 Å². The summed E-state index contributed by atoms with van der Waals surface area (Å²) in [6.07, 6.45) is 0. The number of aromatic carboxylic acids is 1. The first-order valence-electron chi connectivity index (χ1n) is 5.09. The van der Waals surface area contributed by atoms with E-state index in [-0.39, 0.29) is 21.1 Å². The van der Waals surface area contributed by atoms with E-state index in [1.807, 2.05) is 0 Å². The van der Waals surface area contributed by atoms with Crippen LogP contribution in [0.1, 0.15) is 10.5 Å². The second-order valence-electron chi connectivity index (χ2n) is 3.63. The van der Waals surface area contributed by atoms with E-state index in [0.717, 1.165) is 4.68 Å². The summed E-state index contributed by atoms with van der Waals surface area (Å²) in [7, 11) is -2.58. The van der Waals surface area contributed by atoms with Crippen molar-refractivity contribution in [3.63, 3.8) is 0 Å². The molecule has 0 radical (unpaired) electrons. The molecule has 0 amide bonds. The van der Waals surface area contributed by atoms with Gasteiger partial charge in [0.15, 0.2) is 10.3 Å². The SMILES string of the molecule is Cn1nnc(Br)c1S(=O)(=O)Nc1cccc(C(=O)O)n1. The second-order valence-corrected chi connectivity index (χ2v) is 5.98. The number of hydrogen-bond acceptors (Lipinski definition) is 6. The van der Waals surface area contributed by atoms with Gasteiger partial charge in [0.05, 0.1) is 0 Å². The number of nitrogens with one attached hydrogen (secondary N) is 1. The minimum Gasteiger partial charge on any atom is -0.477 e. The topological polar surface area (TPSA) is 127 Å². The molecule has 0 saturated heterocycles. The van der Waals surface area contributed by atoms with Gasteiger partial charge >= 0.3 is 5.97 Å². The molecule has 106 valence electrons. The lowest BCUT2D eigenvalue weighted by molar-refractivity contribution is 0.0690.